The molecule has 1 amide bonds. The van der Waals surface area contributed by atoms with Crippen molar-refractivity contribution < 1.29 is 9.53 Å². The van der Waals surface area contributed by atoms with E-state index in [-0.39, 0.29) is 12.0 Å². The lowest BCUT2D eigenvalue weighted by molar-refractivity contribution is -0.143. The van der Waals surface area contributed by atoms with E-state index in [2.05, 4.69) is 26.3 Å². The van der Waals surface area contributed by atoms with Crippen LogP contribution in [-0.4, -0.2) is 76.6 Å². The molecule has 1 N–H and O–H groups in total. The number of carbonyl (C=O) groups excluding carboxylic acids is 1. The number of nitrogens with zero attached hydrogens (tertiary/aromatic N) is 5. The van der Waals surface area contributed by atoms with E-state index in [1.54, 1.807) is 12.4 Å². The van der Waals surface area contributed by atoms with Crippen molar-refractivity contribution in [3.05, 3.63) is 30.1 Å². The Hall–Kier alpha value is -2.76. The minimum atomic E-state index is -0.204. The Balaban J connectivity index is 1.13. The first-order valence-electron chi connectivity index (χ1n) is 11.8. The highest BCUT2D eigenvalue weighted by atomic mass is 16.5. The molecule has 5 rings (SSSR count). The monoisotopic (exact) mass is 434 g/mol. The van der Waals surface area contributed by atoms with Crippen LogP contribution in [0.25, 0.3) is 10.9 Å². The molecule has 8 nitrogen and oxygen atoms in total. The van der Waals surface area contributed by atoms with Crippen molar-refractivity contribution in [3.8, 4) is 6.07 Å². The SMILES string of the molecule is N#Cc1ccc2ncnc(N[C@H]3CC[C@H](N4CCN(C(=O)[C@@H]5CCCO5)CC4)CC3)c2c1. The van der Waals surface area contributed by atoms with E-state index < -0.39 is 0 Å². The zero-order chi connectivity index (χ0) is 21.9. The second-order valence-electron chi connectivity index (χ2n) is 9.08. The van der Waals surface area contributed by atoms with Gasteiger partial charge in [0.1, 0.15) is 18.2 Å². The van der Waals surface area contributed by atoms with E-state index in [0.29, 0.717) is 17.6 Å². The number of benzene rings is 1. The highest BCUT2D eigenvalue weighted by Crippen LogP contribution is 2.28. The second-order valence-corrected chi connectivity index (χ2v) is 9.08. The lowest BCUT2D eigenvalue weighted by Crippen LogP contribution is -2.54. The maximum atomic E-state index is 12.6. The zero-order valence-corrected chi connectivity index (χ0v) is 18.4. The van der Waals surface area contributed by atoms with Crippen molar-refractivity contribution in [1.82, 2.24) is 19.8 Å². The summed E-state index contributed by atoms with van der Waals surface area (Å²) in [6.07, 6.45) is 7.71. The lowest BCUT2D eigenvalue weighted by atomic mass is 9.89. The van der Waals surface area contributed by atoms with Gasteiger partial charge >= 0.3 is 0 Å². The van der Waals surface area contributed by atoms with Gasteiger partial charge in [-0.15, -0.1) is 0 Å². The fraction of sp³-hybridized carbons (Fsp3) is 0.583. The Morgan fingerprint density at radius 3 is 2.62 bits per heavy atom. The Morgan fingerprint density at radius 1 is 1.09 bits per heavy atom. The summed E-state index contributed by atoms with van der Waals surface area (Å²) < 4.78 is 5.57. The molecule has 3 aliphatic rings. The van der Waals surface area contributed by atoms with Gasteiger partial charge in [-0.2, -0.15) is 5.26 Å². The van der Waals surface area contributed by atoms with Gasteiger partial charge in [-0.3, -0.25) is 9.69 Å². The number of fused-ring (bicyclic) bond motifs is 1. The van der Waals surface area contributed by atoms with Gasteiger partial charge in [0.15, 0.2) is 0 Å². The molecule has 3 heterocycles. The number of rotatable bonds is 4. The van der Waals surface area contributed by atoms with Crippen LogP contribution >= 0.6 is 0 Å². The molecule has 1 aliphatic carbocycles. The average molecular weight is 435 g/mol. The van der Waals surface area contributed by atoms with Gasteiger partial charge in [-0.25, -0.2) is 9.97 Å². The molecule has 8 heteroatoms. The van der Waals surface area contributed by atoms with E-state index in [1.165, 1.54) is 0 Å². The van der Waals surface area contributed by atoms with Crippen LogP contribution in [0.1, 0.15) is 44.1 Å². The summed E-state index contributed by atoms with van der Waals surface area (Å²) in [5.41, 5.74) is 1.47. The predicted octanol–water partition coefficient (Wildman–Crippen LogP) is 2.55. The number of nitriles is 1. The Bertz CT molecular complexity index is 999. The molecule has 0 unspecified atom stereocenters. The van der Waals surface area contributed by atoms with Crippen molar-refractivity contribution >= 4 is 22.6 Å². The summed E-state index contributed by atoms with van der Waals surface area (Å²) in [7, 11) is 0. The molecule has 2 saturated heterocycles. The van der Waals surface area contributed by atoms with Crippen LogP contribution in [0.2, 0.25) is 0 Å². The quantitative estimate of drug-likeness (QED) is 0.790. The first kappa shape index (κ1) is 21.1. The van der Waals surface area contributed by atoms with Crippen LogP contribution in [0.15, 0.2) is 24.5 Å². The van der Waals surface area contributed by atoms with Gasteiger partial charge in [0.2, 0.25) is 0 Å². The minimum absolute atomic E-state index is 0.187. The molecule has 2 aliphatic heterocycles. The van der Waals surface area contributed by atoms with Crippen LogP contribution in [0.3, 0.4) is 0 Å². The van der Waals surface area contributed by atoms with Gasteiger partial charge in [0.25, 0.3) is 5.91 Å². The smallest absolute Gasteiger partial charge is 0.251 e. The molecule has 168 valence electrons. The van der Waals surface area contributed by atoms with E-state index in [4.69, 9.17) is 4.74 Å². The molecule has 1 atom stereocenters. The third-order valence-corrected chi connectivity index (χ3v) is 7.15. The molecular formula is C24H30N6O2. The average Bonchev–Trinajstić information content (AvgIpc) is 3.39. The first-order chi connectivity index (χ1) is 15.7. The summed E-state index contributed by atoms with van der Waals surface area (Å²) in [6.45, 7) is 4.25. The number of hydrogen-bond acceptors (Lipinski definition) is 7. The molecule has 1 aromatic carbocycles. The van der Waals surface area contributed by atoms with Crippen LogP contribution < -0.4 is 5.32 Å². The Morgan fingerprint density at radius 2 is 1.91 bits per heavy atom. The molecular weight excluding hydrogens is 404 g/mol. The number of amides is 1. The van der Waals surface area contributed by atoms with Gasteiger partial charge in [0.05, 0.1) is 17.1 Å². The Kier molecular flexibility index (Phi) is 6.19. The molecule has 1 aromatic heterocycles. The summed E-state index contributed by atoms with van der Waals surface area (Å²) in [5, 5.41) is 13.7. The van der Waals surface area contributed by atoms with Crippen LogP contribution in [0.4, 0.5) is 5.82 Å². The first-order valence-corrected chi connectivity index (χ1v) is 11.8. The zero-order valence-electron chi connectivity index (χ0n) is 18.4. The highest BCUT2D eigenvalue weighted by molar-refractivity contribution is 5.89. The van der Waals surface area contributed by atoms with Crippen LogP contribution in [0.5, 0.6) is 0 Å². The number of anilines is 1. The third kappa shape index (κ3) is 4.41. The topological polar surface area (TPSA) is 94.4 Å². The van der Waals surface area contributed by atoms with E-state index in [1.807, 2.05) is 17.0 Å². The molecule has 0 radical (unpaired) electrons. The summed E-state index contributed by atoms with van der Waals surface area (Å²) in [5.74, 6) is 1.00. The second kappa shape index (κ2) is 9.39. The largest absolute Gasteiger partial charge is 0.368 e. The van der Waals surface area contributed by atoms with Gasteiger partial charge < -0.3 is 15.0 Å². The molecule has 3 fully saturated rings. The molecule has 0 bridgehead atoms. The number of piperazine rings is 1. The van der Waals surface area contributed by atoms with Gasteiger partial charge in [-0.1, -0.05) is 0 Å². The maximum absolute atomic E-state index is 12.6. The summed E-state index contributed by atoms with van der Waals surface area (Å²) in [4.78, 5) is 25.9. The van der Waals surface area contributed by atoms with Crippen molar-refractivity contribution in [2.75, 3.05) is 38.1 Å². The number of hydrogen-bond donors (Lipinski definition) is 1. The number of aromatic nitrogens is 2. The number of carbonyl (C=O) groups is 1. The fourth-order valence-corrected chi connectivity index (χ4v) is 5.30. The standard InChI is InChI=1S/C24H30N6O2/c25-15-17-3-8-21-20(14-17)23(27-16-26-21)28-18-4-6-19(7-5-18)29-9-11-30(12-10-29)24(31)22-2-1-13-32-22/h3,8,14,16,18-19,22H,1-2,4-7,9-13H2,(H,26,27,28)/t18-,19-,22-/m0/s1. The normalized spacial score (nSPS) is 26.7. The summed E-state index contributed by atoms with van der Waals surface area (Å²) in [6, 6.07) is 8.68. The van der Waals surface area contributed by atoms with Crippen molar-refractivity contribution in [2.45, 2.75) is 56.7 Å². The Labute approximate surface area is 188 Å². The molecule has 2 aromatic rings. The molecule has 32 heavy (non-hydrogen) atoms. The van der Waals surface area contributed by atoms with Gasteiger partial charge in [-0.05, 0) is 56.7 Å². The van der Waals surface area contributed by atoms with E-state index >= 15 is 0 Å². The minimum Gasteiger partial charge on any atom is -0.368 e. The lowest BCUT2D eigenvalue weighted by Gasteiger charge is -2.42. The van der Waals surface area contributed by atoms with E-state index in [9.17, 15) is 10.1 Å². The molecule has 1 saturated carbocycles. The molecule has 0 spiro atoms. The number of nitrogens with one attached hydrogen (secondary N) is 1. The highest BCUT2D eigenvalue weighted by Gasteiger charge is 2.33. The van der Waals surface area contributed by atoms with Crippen molar-refractivity contribution in [1.29, 1.82) is 5.26 Å². The maximum Gasteiger partial charge on any atom is 0.251 e. The predicted molar refractivity (Wildman–Crippen MR) is 121 cm³/mol. The summed E-state index contributed by atoms with van der Waals surface area (Å²) >= 11 is 0. The van der Waals surface area contributed by atoms with Crippen molar-refractivity contribution in [3.63, 3.8) is 0 Å². The fourth-order valence-electron chi connectivity index (χ4n) is 5.30. The van der Waals surface area contributed by atoms with Crippen LogP contribution in [0, 0.1) is 11.3 Å². The van der Waals surface area contributed by atoms with Crippen molar-refractivity contribution in [2.24, 2.45) is 0 Å². The third-order valence-electron chi connectivity index (χ3n) is 7.15. The van der Waals surface area contributed by atoms with Crippen LogP contribution in [-0.2, 0) is 9.53 Å². The number of ether oxygens (including phenoxy) is 1. The van der Waals surface area contributed by atoms with Gasteiger partial charge in [0, 0.05) is 50.3 Å². The van der Waals surface area contributed by atoms with E-state index in [0.717, 1.165) is 88.0 Å².